The Hall–Kier alpha value is -2.42. The van der Waals surface area contributed by atoms with Gasteiger partial charge in [0.25, 0.3) is 11.1 Å². The Morgan fingerprint density at radius 1 is 0.750 bits per heavy atom. The van der Waals surface area contributed by atoms with Gasteiger partial charge in [-0.15, -0.1) is 0 Å². The van der Waals surface area contributed by atoms with Gasteiger partial charge in [-0.05, 0) is 41.7 Å². The van der Waals surface area contributed by atoms with Gasteiger partial charge in [0.2, 0.25) is 0 Å². The van der Waals surface area contributed by atoms with Crippen molar-refractivity contribution in [2.45, 2.75) is 38.6 Å². The van der Waals surface area contributed by atoms with Gasteiger partial charge < -0.3 is 0 Å². The second-order valence-electron chi connectivity index (χ2n) is 6.90. The van der Waals surface area contributed by atoms with Gasteiger partial charge in [-0.2, -0.15) is 0 Å². The van der Waals surface area contributed by atoms with E-state index in [4.69, 9.17) is 0 Å². The quantitative estimate of drug-likeness (QED) is 0.672. The molecule has 0 bridgehead atoms. The van der Waals surface area contributed by atoms with Crippen LogP contribution in [0.25, 0.3) is 21.5 Å². The van der Waals surface area contributed by atoms with Crippen molar-refractivity contribution in [2.75, 3.05) is 0 Å². The molecule has 24 heavy (non-hydrogen) atoms. The average Bonchev–Trinajstić information content (AvgIpc) is 2.71. The van der Waals surface area contributed by atoms with Gasteiger partial charge in [-0.3, -0.25) is 14.2 Å². The molecule has 0 aliphatic heterocycles. The molecule has 0 amide bonds. The fraction of sp³-hybridized carbons (Fsp3) is 0.333. The van der Waals surface area contributed by atoms with Crippen molar-refractivity contribution < 1.29 is 0 Å². The van der Waals surface area contributed by atoms with Gasteiger partial charge in [0.15, 0.2) is 0 Å². The molecule has 0 spiro atoms. The molecule has 4 rings (SSSR count). The number of fused-ring (bicyclic) bond motifs is 3. The molecule has 3 aromatic rings. The summed E-state index contributed by atoms with van der Waals surface area (Å²) in [6.07, 6.45) is 4.24. The van der Waals surface area contributed by atoms with Crippen molar-refractivity contribution in [3.05, 3.63) is 69.2 Å². The molecule has 0 radical (unpaired) electrons. The maximum atomic E-state index is 13.3. The molecule has 3 heteroatoms. The minimum absolute atomic E-state index is 0.00189. The van der Waals surface area contributed by atoms with E-state index in [1.54, 1.807) is 4.57 Å². The summed E-state index contributed by atoms with van der Waals surface area (Å²) < 4.78 is 1.55. The van der Waals surface area contributed by atoms with Crippen LogP contribution in [0.5, 0.6) is 0 Å². The highest BCUT2D eigenvalue weighted by molar-refractivity contribution is 6.05. The van der Waals surface area contributed by atoms with E-state index in [-0.39, 0.29) is 17.2 Å². The fourth-order valence-corrected chi connectivity index (χ4v) is 4.14. The first-order chi connectivity index (χ1) is 11.7. The number of benzene rings is 2. The van der Waals surface area contributed by atoms with Crippen LogP contribution in [0.4, 0.5) is 0 Å². The summed E-state index contributed by atoms with van der Waals surface area (Å²) in [6, 6.07) is 15.1. The second-order valence-corrected chi connectivity index (χ2v) is 6.90. The van der Waals surface area contributed by atoms with Gasteiger partial charge in [0.05, 0.1) is 0 Å². The summed E-state index contributed by atoms with van der Waals surface area (Å²) in [6.45, 7) is 2.16. The van der Waals surface area contributed by atoms with E-state index in [9.17, 15) is 9.59 Å². The predicted octanol–water partition coefficient (Wildman–Crippen LogP) is 4.27. The summed E-state index contributed by atoms with van der Waals surface area (Å²) in [5.74, 6) is 0.351. The second kappa shape index (κ2) is 5.90. The standard InChI is InChI=1S/C21H21NO2/c1-14-8-2-7-13-19(14)22-20(23)17-11-5-3-9-15(17)16-10-4-6-12-18(16)21(22)24/h3-6,9-12,14,19H,2,7-8,13H2,1H3. The predicted molar refractivity (Wildman–Crippen MR) is 98.7 cm³/mol. The highest BCUT2D eigenvalue weighted by Gasteiger charge is 2.26. The molecule has 1 aliphatic carbocycles. The molecule has 0 N–H and O–H groups in total. The summed E-state index contributed by atoms with van der Waals surface area (Å²) >= 11 is 0. The normalized spacial score (nSPS) is 21.2. The minimum Gasteiger partial charge on any atom is -0.271 e. The minimum atomic E-state index is -0.148. The number of aromatic nitrogens is 1. The highest BCUT2D eigenvalue weighted by atomic mass is 16.2. The van der Waals surface area contributed by atoms with Gasteiger partial charge in [-0.1, -0.05) is 56.2 Å². The first kappa shape index (κ1) is 15.1. The Balaban J connectivity index is 2.21. The Bertz CT molecular complexity index is 963. The SMILES string of the molecule is CC1CCCCC1n1c(=O)c2ccccc2c2ccccc2c1=O. The van der Waals surface area contributed by atoms with Crippen molar-refractivity contribution in [3.8, 4) is 0 Å². The molecule has 1 fully saturated rings. The summed E-state index contributed by atoms with van der Waals surface area (Å²) in [4.78, 5) is 26.5. The largest absolute Gasteiger partial charge is 0.271 e. The molecule has 1 aliphatic rings. The molecule has 1 saturated carbocycles. The Morgan fingerprint density at radius 2 is 1.21 bits per heavy atom. The van der Waals surface area contributed by atoms with Crippen LogP contribution in [0.3, 0.4) is 0 Å². The smallest absolute Gasteiger partial charge is 0.261 e. The zero-order valence-corrected chi connectivity index (χ0v) is 13.9. The van der Waals surface area contributed by atoms with Crippen LogP contribution < -0.4 is 11.1 Å². The zero-order valence-electron chi connectivity index (χ0n) is 13.9. The molecule has 0 saturated heterocycles. The van der Waals surface area contributed by atoms with Crippen molar-refractivity contribution in [3.63, 3.8) is 0 Å². The highest BCUT2D eigenvalue weighted by Crippen LogP contribution is 2.32. The zero-order chi connectivity index (χ0) is 16.7. The van der Waals surface area contributed by atoms with Crippen molar-refractivity contribution in [2.24, 2.45) is 5.92 Å². The number of nitrogens with zero attached hydrogens (tertiary/aromatic N) is 1. The van der Waals surface area contributed by atoms with Gasteiger partial charge in [-0.25, -0.2) is 0 Å². The monoisotopic (exact) mass is 319 g/mol. The Kier molecular flexibility index (Phi) is 3.72. The van der Waals surface area contributed by atoms with Crippen LogP contribution in [-0.4, -0.2) is 4.57 Å². The van der Waals surface area contributed by atoms with E-state index in [0.29, 0.717) is 16.7 Å². The summed E-state index contributed by atoms with van der Waals surface area (Å²) in [5.41, 5.74) is -0.295. The molecular weight excluding hydrogens is 298 g/mol. The molecule has 1 aromatic heterocycles. The van der Waals surface area contributed by atoms with E-state index < -0.39 is 0 Å². The Morgan fingerprint density at radius 3 is 1.71 bits per heavy atom. The average molecular weight is 319 g/mol. The number of rotatable bonds is 1. The van der Waals surface area contributed by atoms with E-state index >= 15 is 0 Å². The molecular formula is C21H21NO2. The first-order valence-electron chi connectivity index (χ1n) is 8.75. The molecule has 2 aromatic carbocycles. The molecule has 122 valence electrons. The van der Waals surface area contributed by atoms with E-state index in [1.807, 2.05) is 48.5 Å². The van der Waals surface area contributed by atoms with E-state index in [0.717, 1.165) is 30.0 Å². The lowest BCUT2D eigenvalue weighted by Gasteiger charge is -2.29. The molecule has 2 unspecified atom stereocenters. The molecule has 1 heterocycles. The molecule has 3 nitrogen and oxygen atoms in total. The van der Waals surface area contributed by atoms with Crippen molar-refractivity contribution in [1.29, 1.82) is 0 Å². The van der Waals surface area contributed by atoms with E-state index in [1.165, 1.54) is 6.42 Å². The fourth-order valence-electron chi connectivity index (χ4n) is 4.14. The maximum absolute atomic E-state index is 13.3. The van der Waals surface area contributed by atoms with Gasteiger partial charge >= 0.3 is 0 Å². The summed E-state index contributed by atoms with van der Waals surface area (Å²) in [5, 5.41) is 2.98. The molecule has 2 atom stereocenters. The third-order valence-electron chi connectivity index (χ3n) is 5.44. The third-order valence-corrected chi connectivity index (χ3v) is 5.44. The van der Waals surface area contributed by atoms with Gasteiger partial charge in [0.1, 0.15) is 0 Å². The van der Waals surface area contributed by atoms with Crippen molar-refractivity contribution >= 4 is 21.5 Å². The Labute approximate surface area is 140 Å². The third kappa shape index (κ3) is 2.27. The lowest BCUT2D eigenvalue weighted by molar-refractivity contribution is 0.250. The lowest BCUT2D eigenvalue weighted by atomic mass is 9.85. The van der Waals surface area contributed by atoms with Gasteiger partial charge in [0, 0.05) is 16.8 Å². The lowest BCUT2D eigenvalue weighted by Crippen LogP contribution is -2.38. The number of hydrogen-bond donors (Lipinski definition) is 0. The van der Waals surface area contributed by atoms with Crippen LogP contribution in [0.2, 0.25) is 0 Å². The topological polar surface area (TPSA) is 39.1 Å². The van der Waals surface area contributed by atoms with Crippen LogP contribution in [0.1, 0.15) is 38.6 Å². The van der Waals surface area contributed by atoms with E-state index in [2.05, 4.69) is 6.92 Å². The summed E-state index contributed by atoms with van der Waals surface area (Å²) in [7, 11) is 0. The van der Waals surface area contributed by atoms with Crippen LogP contribution in [-0.2, 0) is 0 Å². The van der Waals surface area contributed by atoms with Crippen LogP contribution >= 0.6 is 0 Å². The van der Waals surface area contributed by atoms with Crippen LogP contribution in [0, 0.1) is 5.92 Å². The maximum Gasteiger partial charge on any atom is 0.261 e. The van der Waals surface area contributed by atoms with Crippen LogP contribution in [0.15, 0.2) is 58.1 Å². The number of hydrogen-bond acceptors (Lipinski definition) is 2. The first-order valence-corrected chi connectivity index (χ1v) is 8.75. The van der Waals surface area contributed by atoms with Crippen molar-refractivity contribution in [1.82, 2.24) is 4.57 Å².